The number of hydrazine groups is 2. The Morgan fingerprint density at radius 1 is 0.823 bits per heavy atom. The maximum Gasteiger partial charge on any atom is 0.343 e. The minimum atomic E-state index is -1.73. The van der Waals surface area contributed by atoms with Crippen LogP contribution in [0.1, 0.15) is 151 Å². The van der Waals surface area contributed by atoms with Crippen molar-refractivity contribution < 1.29 is 68.0 Å². The molecule has 7 unspecified atom stereocenters. The molecule has 6 heterocycles. The van der Waals surface area contributed by atoms with Crippen molar-refractivity contribution in [2.24, 2.45) is 17.8 Å². The molecule has 3 aliphatic carbocycles. The van der Waals surface area contributed by atoms with Gasteiger partial charge in [-0.15, -0.1) is 0 Å². The van der Waals surface area contributed by atoms with Crippen LogP contribution in [-0.4, -0.2) is 146 Å². The first-order valence-corrected chi connectivity index (χ1v) is 28.5. The van der Waals surface area contributed by atoms with Crippen molar-refractivity contribution in [2.45, 2.75) is 185 Å². The van der Waals surface area contributed by atoms with E-state index in [1.54, 1.807) is 13.0 Å². The predicted molar refractivity (Wildman–Crippen MR) is 292 cm³/mol. The predicted octanol–water partition coefficient (Wildman–Crippen LogP) is 6.41. The van der Waals surface area contributed by atoms with Crippen LogP contribution in [-0.2, 0) is 25.5 Å². The lowest BCUT2D eigenvalue weighted by Crippen LogP contribution is -2.82. The number of rotatable bonds is 16. The highest BCUT2D eigenvalue weighted by atomic mass is 16.7. The van der Waals surface area contributed by atoms with Crippen LogP contribution in [0, 0.1) is 17.8 Å². The summed E-state index contributed by atoms with van der Waals surface area (Å²) in [4.78, 5) is 61.4. The molecule has 18 nitrogen and oxygen atoms in total. The van der Waals surface area contributed by atoms with E-state index in [4.69, 9.17) is 28.4 Å². The van der Waals surface area contributed by atoms with Crippen LogP contribution in [0.5, 0.6) is 23.0 Å². The molecule has 428 valence electrons. The number of nitrogens with one attached hydrogen (secondary N) is 2. The van der Waals surface area contributed by atoms with Crippen LogP contribution in [0.2, 0.25) is 0 Å². The normalized spacial score (nSPS) is 33.6. The van der Waals surface area contributed by atoms with Gasteiger partial charge < -0.3 is 48.8 Å². The van der Waals surface area contributed by atoms with Gasteiger partial charge >= 0.3 is 5.97 Å². The molecule has 4 bridgehead atoms. The average Bonchev–Trinajstić information content (AvgIpc) is 3.21. The number of fused-ring (bicyclic) bond motifs is 2. The Morgan fingerprint density at radius 2 is 1.49 bits per heavy atom. The van der Waals surface area contributed by atoms with Crippen molar-refractivity contribution in [3.05, 3.63) is 87.5 Å². The van der Waals surface area contributed by atoms with E-state index in [9.17, 15) is 30.0 Å². The summed E-state index contributed by atoms with van der Waals surface area (Å²) in [6, 6.07) is 5.04. The molecule has 1 spiro atoms. The van der Waals surface area contributed by atoms with Crippen molar-refractivity contribution in [3.63, 3.8) is 0 Å². The highest BCUT2D eigenvalue weighted by molar-refractivity contribution is 6.11. The molecule has 79 heavy (non-hydrogen) atoms. The number of carbonyl (C=O) groups is 4. The molecule has 4 saturated heterocycles. The quantitative estimate of drug-likeness (QED) is 0.0461. The lowest BCUT2D eigenvalue weighted by atomic mass is 9.45. The SMILES string of the molecule is CC(C)=CCCC1(C)C=Cc2c(c(CC=C(C)C)c3c(c2OC(=O)c2ccc(O[C@@H]4O[C@H](CO)[C@@H](O)[C@H](O)[C@H]4O)cc2)C(=O)C2C(NN4CCCCC4)C4CC5C(C)(C)OC(CC=C(C)C(=O)NN6CCCCC6)(C4=O)C25O3)O1. The number of hydrogen-bond acceptors (Lipinski definition) is 17. The highest BCUT2D eigenvalue weighted by Crippen LogP contribution is 2.70. The van der Waals surface area contributed by atoms with E-state index in [0.29, 0.717) is 41.7 Å². The van der Waals surface area contributed by atoms with Crippen LogP contribution >= 0.6 is 0 Å². The highest BCUT2D eigenvalue weighted by Gasteiger charge is 2.85. The van der Waals surface area contributed by atoms with Gasteiger partial charge in [0.05, 0.1) is 29.3 Å². The van der Waals surface area contributed by atoms with Gasteiger partial charge in [0.1, 0.15) is 52.8 Å². The number of piperidine rings is 2. The number of carbonyl (C=O) groups excluding carboxylic acids is 4. The zero-order valence-corrected chi connectivity index (χ0v) is 47.0. The zero-order chi connectivity index (χ0) is 56.3. The molecule has 9 aliphatic rings. The fraction of sp³-hybridized carbons (Fsp3) is 0.607. The Morgan fingerprint density at radius 3 is 2.15 bits per heavy atom. The summed E-state index contributed by atoms with van der Waals surface area (Å²) in [6.07, 6.45) is 10.1. The average molecular weight is 1090 g/mol. The first kappa shape index (κ1) is 57.0. The number of allylic oxidation sites excluding steroid dienone is 4. The maximum atomic E-state index is 16.8. The number of ketones is 2. The minimum Gasteiger partial charge on any atom is -0.482 e. The van der Waals surface area contributed by atoms with E-state index in [0.717, 1.165) is 75.9 Å². The molecule has 11 rings (SSSR count). The van der Waals surface area contributed by atoms with Gasteiger partial charge in [0, 0.05) is 61.6 Å². The lowest BCUT2D eigenvalue weighted by Gasteiger charge is -2.63. The van der Waals surface area contributed by atoms with Gasteiger partial charge in [0.25, 0.3) is 5.91 Å². The molecule has 3 saturated carbocycles. The maximum absolute atomic E-state index is 16.8. The van der Waals surface area contributed by atoms with Gasteiger partial charge in [0.15, 0.2) is 28.5 Å². The fourth-order valence-corrected chi connectivity index (χ4v) is 13.7. The van der Waals surface area contributed by atoms with E-state index in [2.05, 4.69) is 21.9 Å². The third-order valence-corrected chi connectivity index (χ3v) is 17.8. The van der Waals surface area contributed by atoms with Crippen LogP contribution in [0.15, 0.2) is 65.3 Å². The molecule has 1 amide bonds. The van der Waals surface area contributed by atoms with Crippen molar-refractivity contribution in [3.8, 4) is 23.0 Å². The third-order valence-electron chi connectivity index (χ3n) is 17.8. The van der Waals surface area contributed by atoms with Gasteiger partial charge in [-0.1, -0.05) is 42.2 Å². The summed E-state index contributed by atoms with van der Waals surface area (Å²) in [6.45, 7) is 18.0. The topological polar surface area (TPSA) is 235 Å². The van der Waals surface area contributed by atoms with E-state index < -0.39 is 89.5 Å². The summed E-state index contributed by atoms with van der Waals surface area (Å²) in [7, 11) is 0. The Bertz CT molecular complexity index is 2820. The van der Waals surface area contributed by atoms with Crippen molar-refractivity contribution in [1.29, 1.82) is 0 Å². The lowest BCUT2D eigenvalue weighted by molar-refractivity contribution is -0.277. The number of ether oxygens (including phenoxy) is 6. The molecule has 12 atom stereocenters. The standard InChI is InChI=1S/C61H80N4O14/c1-34(2)16-15-25-59(8)26-24-40-51(77-59)39(22-17-35(3)4)53-44(52(40)76-56(73)37-18-20-38(21-19-37)74-57-50(70)49(69)47(67)42(33-66)75-57)48(68)45-46(62-64-28-11-9-12-29-64)41-32-43-58(6,7)79-60(54(41)71,61(43,45)78-53)27-23-36(5)55(72)63-65-30-13-10-14-31-65/h16-21,23-24,26,41-43,45-47,49-50,57,62,66-67,69-70H,9-15,22,25,27-33H2,1-8H3,(H,63,72)/t41?,42-,43?,45?,46?,47-,49+,50-,57-,59?,60?,61?/m1/s1. The van der Waals surface area contributed by atoms with E-state index in [-0.39, 0.29) is 58.7 Å². The smallest absolute Gasteiger partial charge is 0.343 e. The molecule has 7 fully saturated rings. The summed E-state index contributed by atoms with van der Waals surface area (Å²) in [5.74, 6) is -3.29. The first-order chi connectivity index (χ1) is 37.6. The third kappa shape index (κ3) is 10.3. The second-order valence-corrected chi connectivity index (χ2v) is 24.3. The van der Waals surface area contributed by atoms with Gasteiger partial charge in [-0.3, -0.25) is 25.2 Å². The van der Waals surface area contributed by atoms with Crippen molar-refractivity contribution in [2.75, 3.05) is 32.8 Å². The van der Waals surface area contributed by atoms with E-state index >= 15 is 9.59 Å². The summed E-state index contributed by atoms with van der Waals surface area (Å²) < 4.78 is 40.3. The van der Waals surface area contributed by atoms with Crippen molar-refractivity contribution in [1.82, 2.24) is 20.9 Å². The Labute approximate surface area is 463 Å². The number of benzene rings is 2. The molecular weight excluding hydrogens is 1010 g/mol. The second-order valence-electron chi connectivity index (χ2n) is 24.3. The number of nitrogens with zero attached hydrogens (tertiary/aromatic N) is 2. The Balaban J connectivity index is 1.12. The van der Waals surface area contributed by atoms with Gasteiger partial charge in [0.2, 0.25) is 6.29 Å². The van der Waals surface area contributed by atoms with Crippen LogP contribution in [0.4, 0.5) is 0 Å². The second kappa shape index (κ2) is 22.2. The van der Waals surface area contributed by atoms with Gasteiger partial charge in [-0.2, -0.15) is 0 Å². The van der Waals surface area contributed by atoms with E-state index in [1.807, 2.05) is 71.7 Å². The Hall–Kier alpha value is -5.28. The monoisotopic (exact) mass is 1090 g/mol. The van der Waals surface area contributed by atoms with Crippen LogP contribution in [0.3, 0.4) is 0 Å². The first-order valence-electron chi connectivity index (χ1n) is 28.5. The molecular formula is C61H80N4O14. The van der Waals surface area contributed by atoms with Crippen LogP contribution in [0.25, 0.3) is 6.08 Å². The molecule has 6 N–H and O–H groups in total. The van der Waals surface area contributed by atoms with Crippen molar-refractivity contribution >= 4 is 29.5 Å². The number of aliphatic hydroxyl groups is 4. The molecule has 6 aliphatic heterocycles. The molecule has 2 aromatic carbocycles. The van der Waals surface area contributed by atoms with E-state index in [1.165, 1.54) is 24.3 Å². The Kier molecular flexibility index (Phi) is 16.0. The minimum absolute atomic E-state index is 0.0368. The summed E-state index contributed by atoms with van der Waals surface area (Å²) in [5, 5.41) is 45.2. The number of amides is 1. The summed E-state index contributed by atoms with van der Waals surface area (Å²) in [5.41, 5.74) is 5.24. The zero-order valence-electron chi connectivity index (χ0n) is 47.0. The number of Topliss-reactive ketones (excluding diaryl/α,β-unsaturated/α-hetero) is 2. The molecule has 0 aromatic heterocycles. The molecule has 0 radical (unpaired) electrons. The largest absolute Gasteiger partial charge is 0.482 e. The van der Waals surface area contributed by atoms with Gasteiger partial charge in [-0.05, 0) is 143 Å². The molecule has 18 heteroatoms. The summed E-state index contributed by atoms with van der Waals surface area (Å²) >= 11 is 0. The number of esters is 1. The fourth-order valence-electron chi connectivity index (χ4n) is 13.7. The number of aliphatic hydroxyl groups excluding tert-OH is 4. The van der Waals surface area contributed by atoms with Gasteiger partial charge in [-0.25, -0.2) is 14.8 Å². The number of hydrogen-bond donors (Lipinski definition) is 6. The van der Waals surface area contributed by atoms with Crippen LogP contribution < -0.4 is 29.8 Å². The molecule has 2 aromatic rings.